The number of hydrogen-bond donors (Lipinski definition) is 2. The number of likely N-dealkylation sites (tertiary alicyclic amines) is 1. The van der Waals surface area contributed by atoms with Crippen molar-refractivity contribution in [1.82, 2.24) is 20.4 Å². The van der Waals surface area contributed by atoms with Crippen molar-refractivity contribution in [2.75, 3.05) is 18.4 Å². The van der Waals surface area contributed by atoms with Crippen LogP contribution in [0.4, 0.5) is 5.69 Å². The van der Waals surface area contributed by atoms with E-state index in [1.54, 1.807) is 18.2 Å². The van der Waals surface area contributed by atoms with Crippen molar-refractivity contribution in [3.8, 4) is 11.4 Å². The van der Waals surface area contributed by atoms with E-state index in [1.807, 2.05) is 51.1 Å². The van der Waals surface area contributed by atoms with Gasteiger partial charge in [-0.05, 0) is 58.8 Å². The molecule has 1 saturated heterocycles. The molecular formula is C26H31N5O3. The van der Waals surface area contributed by atoms with Crippen LogP contribution in [0.1, 0.15) is 48.5 Å². The first-order valence-electron chi connectivity index (χ1n) is 11.7. The van der Waals surface area contributed by atoms with E-state index in [0.29, 0.717) is 29.5 Å². The first kappa shape index (κ1) is 23.6. The topological polar surface area (TPSA) is 100 Å². The zero-order valence-electron chi connectivity index (χ0n) is 19.9. The maximum Gasteiger partial charge on any atom is 0.253 e. The third-order valence-corrected chi connectivity index (χ3v) is 5.94. The lowest BCUT2D eigenvalue weighted by Crippen LogP contribution is -2.38. The van der Waals surface area contributed by atoms with Crippen LogP contribution in [0.5, 0.6) is 0 Å². The van der Waals surface area contributed by atoms with Gasteiger partial charge < -0.3 is 15.2 Å². The number of benzene rings is 2. The van der Waals surface area contributed by atoms with Crippen molar-refractivity contribution in [3.05, 3.63) is 65.5 Å². The molecule has 2 amide bonds. The molecule has 1 fully saturated rings. The van der Waals surface area contributed by atoms with Crippen molar-refractivity contribution in [1.29, 1.82) is 0 Å². The minimum absolute atomic E-state index is 0.0207. The Kier molecular flexibility index (Phi) is 7.37. The molecule has 8 heteroatoms. The van der Waals surface area contributed by atoms with Crippen LogP contribution in [-0.2, 0) is 11.3 Å². The van der Waals surface area contributed by atoms with E-state index in [1.165, 1.54) is 5.56 Å². The van der Waals surface area contributed by atoms with Crippen molar-refractivity contribution >= 4 is 17.5 Å². The standard InChI is InChI=1S/C26H31N5O3/c1-17(2)27-26(33)21-6-4-5-7-22(21)28-25(32)20-12-14-31(15-13-20)16-23-29-24(30-34-23)19-10-8-18(3)9-11-19/h4-11,17,20H,12-16H2,1-3H3,(H,27,33)(H,28,32). The van der Waals surface area contributed by atoms with E-state index in [4.69, 9.17) is 4.52 Å². The number of nitrogens with zero attached hydrogens (tertiary/aromatic N) is 3. The zero-order valence-corrected chi connectivity index (χ0v) is 19.9. The van der Waals surface area contributed by atoms with Gasteiger partial charge in [0.15, 0.2) is 0 Å². The number of aromatic nitrogens is 2. The Bertz CT molecular complexity index is 1130. The Hall–Kier alpha value is -3.52. The number of nitrogens with one attached hydrogen (secondary N) is 2. The number of carbonyl (C=O) groups excluding carboxylic acids is 2. The zero-order chi connectivity index (χ0) is 24.1. The molecule has 2 aromatic carbocycles. The Labute approximate surface area is 199 Å². The third-order valence-electron chi connectivity index (χ3n) is 5.94. The predicted molar refractivity (Wildman–Crippen MR) is 130 cm³/mol. The van der Waals surface area contributed by atoms with E-state index in [-0.39, 0.29) is 23.8 Å². The summed E-state index contributed by atoms with van der Waals surface area (Å²) in [6.45, 7) is 7.93. The monoisotopic (exact) mass is 461 g/mol. The van der Waals surface area contributed by atoms with Crippen molar-refractivity contribution in [2.24, 2.45) is 5.92 Å². The van der Waals surface area contributed by atoms with Crippen LogP contribution in [0, 0.1) is 12.8 Å². The lowest BCUT2D eigenvalue weighted by molar-refractivity contribution is -0.121. The maximum absolute atomic E-state index is 12.9. The number of rotatable bonds is 7. The van der Waals surface area contributed by atoms with E-state index in [9.17, 15) is 9.59 Å². The summed E-state index contributed by atoms with van der Waals surface area (Å²) >= 11 is 0. The number of carbonyl (C=O) groups is 2. The molecule has 0 radical (unpaired) electrons. The molecule has 2 heterocycles. The molecular weight excluding hydrogens is 430 g/mol. The van der Waals surface area contributed by atoms with Crippen LogP contribution in [0.2, 0.25) is 0 Å². The van der Waals surface area contributed by atoms with Gasteiger partial charge in [0.05, 0.1) is 17.8 Å². The summed E-state index contributed by atoms with van der Waals surface area (Å²) in [7, 11) is 0. The van der Waals surface area contributed by atoms with Crippen molar-refractivity contribution in [2.45, 2.75) is 46.2 Å². The Morgan fingerprint density at radius 1 is 1.09 bits per heavy atom. The molecule has 34 heavy (non-hydrogen) atoms. The van der Waals surface area contributed by atoms with Gasteiger partial charge in [0, 0.05) is 17.5 Å². The van der Waals surface area contributed by atoms with Crippen molar-refractivity contribution in [3.63, 3.8) is 0 Å². The van der Waals surface area contributed by atoms with E-state index >= 15 is 0 Å². The minimum atomic E-state index is -0.190. The fourth-order valence-corrected chi connectivity index (χ4v) is 4.05. The number of hydrogen-bond acceptors (Lipinski definition) is 6. The quantitative estimate of drug-likeness (QED) is 0.551. The minimum Gasteiger partial charge on any atom is -0.350 e. The first-order chi connectivity index (χ1) is 16.4. The first-order valence-corrected chi connectivity index (χ1v) is 11.7. The van der Waals surface area contributed by atoms with Crippen LogP contribution < -0.4 is 10.6 Å². The highest BCUT2D eigenvalue weighted by Crippen LogP contribution is 2.23. The Morgan fingerprint density at radius 2 is 1.79 bits per heavy atom. The van der Waals surface area contributed by atoms with Gasteiger partial charge in [-0.15, -0.1) is 0 Å². The van der Waals surface area contributed by atoms with Gasteiger partial charge in [0.25, 0.3) is 5.91 Å². The number of para-hydroxylation sites is 1. The maximum atomic E-state index is 12.9. The third kappa shape index (κ3) is 5.88. The van der Waals surface area contributed by atoms with Gasteiger partial charge in [0.1, 0.15) is 0 Å². The van der Waals surface area contributed by atoms with Crippen LogP contribution >= 0.6 is 0 Å². The van der Waals surface area contributed by atoms with Gasteiger partial charge in [-0.1, -0.05) is 47.1 Å². The van der Waals surface area contributed by atoms with Crippen LogP contribution in [0.25, 0.3) is 11.4 Å². The summed E-state index contributed by atoms with van der Waals surface area (Å²) < 4.78 is 5.45. The van der Waals surface area contributed by atoms with E-state index in [0.717, 1.165) is 31.5 Å². The van der Waals surface area contributed by atoms with Gasteiger partial charge in [-0.2, -0.15) is 4.98 Å². The van der Waals surface area contributed by atoms with Crippen LogP contribution in [0.15, 0.2) is 53.1 Å². The number of piperidine rings is 1. The van der Waals surface area contributed by atoms with Crippen LogP contribution in [-0.4, -0.2) is 46.0 Å². The van der Waals surface area contributed by atoms with Gasteiger partial charge in [-0.25, -0.2) is 0 Å². The molecule has 0 saturated carbocycles. The molecule has 1 aromatic heterocycles. The second-order valence-corrected chi connectivity index (χ2v) is 9.09. The smallest absolute Gasteiger partial charge is 0.253 e. The molecule has 8 nitrogen and oxygen atoms in total. The Balaban J connectivity index is 1.30. The summed E-state index contributed by atoms with van der Waals surface area (Å²) in [5, 5.41) is 9.95. The van der Waals surface area contributed by atoms with E-state index < -0.39 is 0 Å². The molecule has 0 unspecified atom stereocenters. The van der Waals surface area contributed by atoms with E-state index in [2.05, 4.69) is 25.7 Å². The van der Waals surface area contributed by atoms with Gasteiger partial charge in [0.2, 0.25) is 17.6 Å². The SMILES string of the molecule is Cc1ccc(-c2noc(CN3CCC(C(=O)Nc4ccccc4C(=O)NC(C)C)CC3)n2)cc1. The highest BCUT2D eigenvalue weighted by atomic mass is 16.5. The number of amides is 2. The summed E-state index contributed by atoms with van der Waals surface area (Å²) in [4.78, 5) is 32.1. The molecule has 3 aromatic rings. The molecule has 178 valence electrons. The summed E-state index contributed by atoms with van der Waals surface area (Å²) in [5.74, 6) is 0.811. The summed E-state index contributed by atoms with van der Waals surface area (Å²) in [6, 6.07) is 15.1. The highest BCUT2D eigenvalue weighted by molar-refractivity contribution is 6.04. The lowest BCUT2D eigenvalue weighted by Gasteiger charge is -2.30. The Morgan fingerprint density at radius 3 is 2.50 bits per heavy atom. The predicted octanol–water partition coefficient (Wildman–Crippen LogP) is 4.03. The van der Waals surface area contributed by atoms with Gasteiger partial charge in [-0.3, -0.25) is 14.5 Å². The normalized spacial score (nSPS) is 14.8. The second-order valence-electron chi connectivity index (χ2n) is 9.09. The molecule has 2 N–H and O–H groups in total. The van der Waals surface area contributed by atoms with Gasteiger partial charge >= 0.3 is 0 Å². The fraction of sp³-hybridized carbons (Fsp3) is 0.385. The fourth-order valence-electron chi connectivity index (χ4n) is 4.05. The van der Waals surface area contributed by atoms with Crippen LogP contribution in [0.3, 0.4) is 0 Å². The summed E-state index contributed by atoms with van der Waals surface area (Å²) in [6.07, 6.45) is 1.45. The summed E-state index contributed by atoms with van der Waals surface area (Å²) in [5.41, 5.74) is 3.13. The second kappa shape index (κ2) is 10.6. The number of anilines is 1. The molecule has 1 aliphatic rings. The molecule has 0 spiro atoms. The highest BCUT2D eigenvalue weighted by Gasteiger charge is 2.27. The van der Waals surface area contributed by atoms with Crippen molar-refractivity contribution < 1.29 is 14.1 Å². The average Bonchev–Trinajstić information content (AvgIpc) is 3.28. The molecule has 0 atom stereocenters. The molecule has 0 aliphatic carbocycles. The molecule has 1 aliphatic heterocycles. The average molecular weight is 462 g/mol. The number of aryl methyl sites for hydroxylation is 1. The molecule has 4 rings (SSSR count). The molecule has 0 bridgehead atoms. The lowest BCUT2D eigenvalue weighted by atomic mass is 9.95. The largest absolute Gasteiger partial charge is 0.350 e.